The van der Waals surface area contributed by atoms with Gasteiger partial charge < -0.3 is 9.64 Å². The Labute approximate surface area is 162 Å². The molecule has 1 aromatic carbocycles. The second kappa shape index (κ2) is 8.16. The maximum atomic E-state index is 13.7. The molecular weight excluding hydrogens is 397 g/mol. The average Bonchev–Trinajstić information content (AvgIpc) is 2.63. The summed E-state index contributed by atoms with van der Waals surface area (Å²) in [4.78, 5) is 11.0. The van der Waals surface area contributed by atoms with Gasteiger partial charge in [0.1, 0.15) is 11.9 Å². The molecular formula is C20H23BrFN3O. The lowest BCUT2D eigenvalue weighted by atomic mass is 9.89. The Hall–Kier alpha value is -1.95. The first-order valence-electron chi connectivity index (χ1n) is 8.84. The van der Waals surface area contributed by atoms with Gasteiger partial charge in [-0.1, -0.05) is 6.07 Å². The standard InChI is InChI=1S/C20H23BrFN3O/c1-4-25(3)12-23-18-11-17(21)20(24-13(18)2)26-19-7-5-6-14-8-9-15(22)10-16(14)19/h8-12,19H,4-7H2,1-3H3. The lowest BCUT2D eigenvalue weighted by molar-refractivity contribution is 0.173. The van der Waals surface area contributed by atoms with Crippen LogP contribution in [0.3, 0.4) is 0 Å². The van der Waals surface area contributed by atoms with Crippen molar-refractivity contribution in [3.8, 4) is 5.88 Å². The first-order valence-corrected chi connectivity index (χ1v) is 9.63. The third kappa shape index (κ3) is 4.23. The third-order valence-corrected chi connectivity index (χ3v) is 5.19. The second-order valence-corrected chi connectivity index (χ2v) is 7.39. The summed E-state index contributed by atoms with van der Waals surface area (Å²) in [7, 11) is 1.97. The van der Waals surface area contributed by atoms with Crippen molar-refractivity contribution >= 4 is 28.0 Å². The summed E-state index contributed by atoms with van der Waals surface area (Å²) in [5.74, 6) is 0.291. The van der Waals surface area contributed by atoms with Gasteiger partial charge in [0.15, 0.2) is 0 Å². The Balaban J connectivity index is 1.85. The molecule has 0 saturated carbocycles. The maximum Gasteiger partial charge on any atom is 0.228 e. The van der Waals surface area contributed by atoms with Crippen LogP contribution in [0.5, 0.6) is 5.88 Å². The highest BCUT2D eigenvalue weighted by Gasteiger charge is 2.24. The van der Waals surface area contributed by atoms with E-state index >= 15 is 0 Å². The summed E-state index contributed by atoms with van der Waals surface area (Å²) < 4.78 is 20.6. The Bertz CT molecular complexity index is 825. The minimum absolute atomic E-state index is 0.182. The van der Waals surface area contributed by atoms with Crippen molar-refractivity contribution < 1.29 is 9.13 Å². The van der Waals surface area contributed by atoms with E-state index in [-0.39, 0.29) is 11.9 Å². The number of aromatic nitrogens is 1. The van der Waals surface area contributed by atoms with Crippen molar-refractivity contribution in [2.75, 3.05) is 13.6 Å². The van der Waals surface area contributed by atoms with Gasteiger partial charge in [0.25, 0.3) is 0 Å². The number of aryl methyl sites for hydroxylation is 2. The van der Waals surface area contributed by atoms with Gasteiger partial charge in [-0.05, 0) is 78.4 Å². The van der Waals surface area contributed by atoms with Gasteiger partial charge in [-0.15, -0.1) is 0 Å². The van der Waals surface area contributed by atoms with Crippen molar-refractivity contribution in [1.82, 2.24) is 9.88 Å². The quantitative estimate of drug-likeness (QED) is 0.483. The molecule has 2 aromatic rings. The molecule has 3 rings (SSSR count). The van der Waals surface area contributed by atoms with Crippen LogP contribution < -0.4 is 4.74 Å². The number of pyridine rings is 1. The van der Waals surface area contributed by atoms with Gasteiger partial charge >= 0.3 is 0 Å². The van der Waals surface area contributed by atoms with E-state index in [2.05, 4.69) is 32.8 Å². The van der Waals surface area contributed by atoms with E-state index in [1.54, 1.807) is 12.4 Å². The molecule has 0 spiro atoms. The number of hydrogen-bond donors (Lipinski definition) is 0. The van der Waals surface area contributed by atoms with Gasteiger partial charge in [-0.3, -0.25) is 0 Å². The van der Waals surface area contributed by atoms with Crippen LogP contribution in [0.2, 0.25) is 0 Å². The van der Waals surface area contributed by atoms with Crippen molar-refractivity contribution in [3.05, 3.63) is 51.4 Å². The Morgan fingerprint density at radius 3 is 3.00 bits per heavy atom. The predicted octanol–water partition coefficient (Wildman–Crippen LogP) is 5.36. The summed E-state index contributed by atoms with van der Waals surface area (Å²) in [6, 6.07) is 6.86. The van der Waals surface area contributed by atoms with Crippen molar-refractivity contribution in [3.63, 3.8) is 0 Å². The summed E-state index contributed by atoms with van der Waals surface area (Å²) >= 11 is 3.54. The number of hydrogen-bond acceptors (Lipinski definition) is 3. The second-order valence-electron chi connectivity index (χ2n) is 6.54. The maximum absolute atomic E-state index is 13.7. The average molecular weight is 420 g/mol. The molecule has 1 aliphatic carbocycles. The van der Waals surface area contributed by atoms with Crippen LogP contribution in [0.15, 0.2) is 33.7 Å². The van der Waals surface area contributed by atoms with Gasteiger partial charge in [-0.2, -0.15) is 0 Å². The highest BCUT2D eigenvalue weighted by molar-refractivity contribution is 9.10. The topological polar surface area (TPSA) is 37.7 Å². The van der Waals surface area contributed by atoms with E-state index in [4.69, 9.17) is 4.74 Å². The zero-order valence-corrected chi connectivity index (χ0v) is 16.9. The van der Waals surface area contributed by atoms with Gasteiger partial charge in [0, 0.05) is 13.6 Å². The predicted molar refractivity (Wildman–Crippen MR) is 106 cm³/mol. The molecule has 1 atom stereocenters. The highest BCUT2D eigenvalue weighted by Crippen LogP contribution is 2.37. The van der Waals surface area contributed by atoms with E-state index in [0.717, 1.165) is 52.8 Å². The largest absolute Gasteiger partial charge is 0.469 e. The van der Waals surface area contributed by atoms with E-state index < -0.39 is 0 Å². The molecule has 138 valence electrons. The lowest BCUT2D eigenvalue weighted by Crippen LogP contribution is -2.16. The highest BCUT2D eigenvalue weighted by atomic mass is 79.9. The van der Waals surface area contributed by atoms with Crippen LogP contribution in [0.4, 0.5) is 10.1 Å². The van der Waals surface area contributed by atoms with Gasteiger partial charge in [0.05, 0.1) is 22.2 Å². The van der Waals surface area contributed by atoms with E-state index in [1.807, 2.05) is 31.0 Å². The number of halogens is 2. The molecule has 1 aromatic heterocycles. The minimum atomic E-state index is -0.229. The van der Waals surface area contributed by atoms with E-state index in [0.29, 0.717) is 5.88 Å². The summed E-state index contributed by atoms with van der Waals surface area (Å²) in [5, 5.41) is 0. The number of nitrogens with zero attached hydrogens (tertiary/aromatic N) is 3. The van der Waals surface area contributed by atoms with Gasteiger partial charge in [0.2, 0.25) is 5.88 Å². The molecule has 6 heteroatoms. The number of benzene rings is 1. The number of fused-ring (bicyclic) bond motifs is 1. The fourth-order valence-corrected chi connectivity index (χ4v) is 3.39. The van der Waals surface area contributed by atoms with Crippen LogP contribution in [0.1, 0.15) is 42.7 Å². The Morgan fingerprint density at radius 1 is 1.42 bits per heavy atom. The molecule has 0 amide bonds. The van der Waals surface area contributed by atoms with Crippen molar-refractivity contribution in [2.45, 2.75) is 39.2 Å². The summed E-state index contributed by atoms with van der Waals surface area (Å²) in [6.45, 7) is 4.86. The fraction of sp³-hybridized carbons (Fsp3) is 0.400. The molecule has 0 saturated heterocycles. The summed E-state index contributed by atoms with van der Waals surface area (Å²) in [6.07, 6.45) is 4.44. The number of aliphatic imine (C=N–C) groups is 1. The molecule has 4 nitrogen and oxygen atoms in total. The molecule has 0 bridgehead atoms. The zero-order chi connectivity index (χ0) is 18.7. The molecule has 0 aliphatic heterocycles. The van der Waals surface area contributed by atoms with Gasteiger partial charge in [-0.25, -0.2) is 14.4 Å². The number of ether oxygens (including phenoxy) is 1. The van der Waals surface area contributed by atoms with Crippen LogP contribution in [0.25, 0.3) is 0 Å². The van der Waals surface area contributed by atoms with E-state index in [1.165, 1.54) is 6.07 Å². The SMILES string of the molecule is CCN(C)C=Nc1cc(Br)c(OC2CCCc3ccc(F)cc32)nc1C. The lowest BCUT2D eigenvalue weighted by Gasteiger charge is -2.26. The minimum Gasteiger partial charge on any atom is -0.469 e. The molecule has 0 N–H and O–H groups in total. The fourth-order valence-electron chi connectivity index (χ4n) is 2.99. The first-order chi connectivity index (χ1) is 12.5. The van der Waals surface area contributed by atoms with Crippen LogP contribution >= 0.6 is 15.9 Å². The molecule has 26 heavy (non-hydrogen) atoms. The smallest absolute Gasteiger partial charge is 0.228 e. The Kier molecular flexibility index (Phi) is 5.91. The van der Waals surface area contributed by atoms with Crippen molar-refractivity contribution in [2.24, 2.45) is 4.99 Å². The third-order valence-electron chi connectivity index (χ3n) is 4.62. The normalized spacial score (nSPS) is 16.6. The number of rotatable bonds is 5. The summed E-state index contributed by atoms with van der Waals surface area (Å²) in [5.41, 5.74) is 3.66. The first kappa shape index (κ1) is 18.8. The molecule has 1 heterocycles. The van der Waals surface area contributed by atoms with Crippen molar-refractivity contribution in [1.29, 1.82) is 0 Å². The molecule has 1 aliphatic rings. The van der Waals surface area contributed by atoms with Crippen LogP contribution in [0, 0.1) is 12.7 Å². The van der Waals surface area contributed by atoms with Crippen LogP contribution in [-0.2, 0) is 6.42 Å². The molecule has 0 fully saturated rings. The Morgan fingerprint density at radius 2 is 2.23 bits per heavy atom. The molecule has 0 radical (unpaired) electrons. The monoisotopic (exact) mass is 419 g/mol. The zero-order valence-electron chi connectivity index (χ0n) is 15.3. The van der Waals surface area contributed by atoms with Crippen LogP contribution in [-0.4, -0.2) is 29.8 Å². The molecule has 1 unspecified atom stereocenters. The van der Waals surface area contributed by atoms with E-state index in [9.17, 15) is 4.39 Å².